The van der Waals surface area contributed by atoms with Gasteiger partial charge in [0.15, 0.2) is 0 Å². The predicted molar refractivity (Wildman–Crippen MR) is 71.7 cm³/mol. The van der Waals surface area contributed by atoms with Crippen LogP contribution in [0.5, 0.6) is 0 Å². The second kappa shape index (κ2) is 5.16. The van der Waals surface area contributed by atoms with Gasteiger partial charge in [0.1, 0.15) is 5.15 Å². The molecule has 2 aromatic heterocycles. The van der Waals surface area contributed by atoms with Crippen molar-refractivity contribution in [2.75, 3.05) is 0 Å². The van der Waals surface area contributed by atoms with E-state index in [0.717, 1.165) is 23.2 Å². The van der Waals surface area contributed by atoms with E-state index in [9.17, 15) is 5.11 Å². The minimum atomic E-state index is -0.392. The molecule has 2 rings (SSSR count). The highest BCUT2D eigenvalue weighted by Crippen LogP contribution is 2.22. The van der Waals surface area contributed by atoms with E-state index in [4.69, 9.17) is 11.6 Å². The van der Waals surface area contributed by atoms with Crippen LogP contribution < -0.4 is 0 Å². The van der Waals surface area contributed by atoms with Crippen LogP contribution in [-0.2, 0) is 13.6 Å². The van der Waals surface area contributed by atoms with Gasteiger partial charge < -0.3 is 9.67 Å². The van der Waals surface area contributed by atoms with Crippen molar-refractivity contribution in [2.45, 2.75) is 32.9 Å². The van der Waals surface area contributed by atoms with Crippen molar-refractivity contribution in [3.05, 3.63) is 40.4 Å². The van der Waals surface area contributed by atoms with Gasteiger partial charge in [0.05, 0.1) is 18.3 Å². The van der Waals surface area contributed by atoms with Crippen molar-refractivity contribution < 1.29 is 5.11 Å². The molecule has 0 aliphatic heterocycles. The molecular weight excluding hydrogens is 250 g/mol. The number of hydrogen-bond acceptors (Lipinski definition) is 2. The molecule has 5 heteroatoms. The molecule has 0 aliphatic rings. The second-order valence-electron chi connectivity index (χ2n) is 4.52. The van der Waals surface area contributed by atoms with Gasteiger partial charge in [-0.3, -0.25) is 4.68 Å². The molecule has 4 nitrogen and oxygen atoms in total. The molecular formula is C13H18ClN3O. The fourth-order valence-corrected chi connectivity index (χ4v) is 2.26. The normalized spacial score (nSPS) is 12.9. The molecule has 1 atom stereocenters. The first-order valence-electron chi connectivity index (χ1n) is 6.04. The molecule has 18 heavy (non-hydrogen) atoms. The van der Waals surface area contributed by atoms with Crippen LogP contribution in [0.1, 0.15) is 36.3 Å². The Balaban J connectivity index is 2.21. The summed E-state index contributed by atoms with van der Waals surface area (Å²) in [6.07, 6.45) is 4.24. The van der Waals surface area contributed by atoms with Gasteiger partial charge in [-0.15, -0.1) is 0 Å². The number of rotatable bonds is 4. The van der Waals surface area contributed by atoms with Crippen LogP contribution in [0.25, 0.3) is 0 Å². The van der Waals surface area contributed by atoms with Crippen molar-refractivity contribution >= 4 is 11.6 Å². The zero-order valence-corrected chi connectivity index (χ0v) is 11.6. The Labute approximate surface area is 112 Å². The van der Waals surface area contributed by atoms with Crippen LogP contribution >= 0.6 is 11.6 Å². The zero-order chi connectivity index (χ0) is 13.3. The van der Waals surface area contributed by atoms with Gasteiger partial charge in [-0.05, 0) is 25.0 Å². The predicted octanol–water partition coefficient (Wildman–Crippen LogP) is 2.68. The third-order valence-corrected chi connectivity index (χ3v) is 3.63. The van der Waals surface area contributed by atoms with Gasteiger partial charge in [0.25, 0.3) is 0 Å². The number of nitrogens with zero attached hydrogens (tertiary/aromatic N) is 3. The van der Waals surface area contributed by atoms with Crippen molar-refractivity contribution in [3.8, 4) is 0 Å². The smallest absolute Gasteiger partial charge is 0.131 e. The van der Waals surface area contributed by atoms with Crippen molar-refractivity contribution in [3.63, 3.8) is 0 Å². The van der Waals surface area contributed by atoms with Gasteiger partial charge in [-0.25, -0.2) is 0 Å². The Hall–Kier alpha value is -1.26. The van der Waals surface area contributed by atoms with Crippen LogP contribution in [0.15, 0.2) is 18.5 Å². The molecule has 2 aromatic rings. The lowest BCUT2D eigenvalue weighted by atomic mass is 10.1. The fourth-order valence-electron chi connectivity index (χ4n) is 2.03. The van der Waals surface area contributed by atoms with E-state index in [2.05, 4.69) is 5.10 Å². The SMILES string of the molecule is CCC(O)c1ccn(Cc2c(C)nn(C)c2Cl)c1. The molecule has 0 amide bonds. The number of aromatic nitrogens is 3. The monoisotopic (exact) mass is 267 g/mol. The summed E-state index contributed by atoms with van der Waals surface area (Å²) in [6.45, 7) is 4.59. The second-order valence-corrected chi connectivity index (χ2v) is 4.88. The molecule has 98 valence electrons. The number of aryl methyl sites for hydroxylation is 2. The Bertz CT molecular complexity index is 544. The minimum absolute atomic E-state index is 0.392. The van der Waals surface area contributed by atoms with E-state index in [1.165, 1.54) is 0 Å². The molecule has 2 heterocycles. The number of aliphatic hydroxyl groups is 1. The molecule has 1 unspecified atom stereocenters. The average molecular weight is 268 g/mol. The molecule has 0 saturated heterocycles. The summed E-state index contributed by atoms with van der Waals surface area (Å²) in [5.74, 6) is 0. The first-order valence-corrected chi connectivity index (χ1v) is 6.42. The zero-order valence-electron chi connectivity index (χ0n) is 10.9. The van der Waals surface area contributed by atoms with Gasteiger partial charge in [-0.1, -0.05) is 18.5 Å². The summed E-state index contributed by atoms with van der Waals surface area (Å²) in [5.41, 5.74) is 2.90. The highest BCUT2D eigenvalue weighted by atomic mass is 35.5. The molecule has 0 spiro atoms. The fraction of sp³-hybridized carbons (Fsp3) is 0.462. The van der Waals surface area contributed by atoms with Crippen molar-refractivity contribution in [1.82, 2.24) is 14.3 Å². The minimum Gasteiger partial charge on any atom is -0.388 e. The number of hydrogen-bond donors (Lipinski definition) is 1. The quantitative estimate of drug-likeness (QED) is 0.926. The lowest BCUT2D eigenvalue weighted by molar-refractivity contribution is 0.173. The van der Waals surface area contributed by atoms with E-state index < -0.39 is 6.10 Å². The first-order chi connectivity index (χ1) is 8.52. The summed E-state index contributed by atoms with van der Waals surface area (Å²) >= 11 is 6.20. The third kappa shape index (κ3) is 2.44. The van der Waals surface area contributed by atoms with Gasteiger partial charge in [-0.2, -0.15) is 5.10 Å². The summed E-state index contributed by atoms with van der Waals surface area (Å²) in [6, 6.07) is 1.94. The summed E-state index contributed by atoms with van der Waals surface area (Å²) in [5, 5.41) is 14.7. The highest BCUT2D eigenvalue weighted by molar-refractivity contribution is 6.30. The lowest BCUT2D eigenvalue weighted by Crippen LogP contribution is -1.99. The van der Waals surface area contributed by atoms with Gasteiger partial charge in [0.2, 0.25) is 0 Å². The number of aliphatic hydroxyl groups excluding tert-OH is 1. The van der Waals surface area contributed by atoms with Crippen LogP contribution in [-0.4, -0.2) is 19.5 Å². The van der Waals surface area contributed by atoms with E-state index in [1.54, 1.807) is 4.68 Å². The molecule has 0 bridgehead atoms. The molecule has 0 fully saturated rings. The highest BCUT2D eigenvalue weighted by Gasteiger charge is 2.12. The van der Waals surface area contributed by atoms with Gasteiger partial charge >= 0.3 is 0 Å². The Kier molecular flexibility index (Phi) is 3.78. The van der Waals surface area contributed by atoms with E-state index in [1.807, 2.05) is 43.9 Å². The maximum Gasteiger partial charge on any atom is 0.131 e. The Morgan fingerprint density at radius 2 is 2.22 bits per heavy atom. The third-order valence-electron chi connectivity index (χ3n) is 3.16. The maximum absolute atomic E-state index is 9.77. The molecule has 0 aromatic carbocycles. The van der Waals surface area contributed by atoms with E-state index >= 15 is 0 Å². The van der Waals surface area contributed by atoms with Crippen molar-refractivity contribution in [1.29, 1.82) is 0 Å². The topological polar surface area (TPSA) is 43.0 Å². The summed E-state index contributed by atoms with van der Waals surface area (Å²) in [4.78, 5) is 0. The maximum atomic E-state index is 9.77. The van der Waals surface area contributed by atoms with Crippen LogP contribution in [0.4, 0.5) is 0 Å². The molecule has 0 radical (unpaired) electrons. The van der Waals surface area contributed by atoms with E-state index in [0.29, 0.717) is 11.7 Å². The largest absolute Gasteiger partial charge is 0.388 e. The van der Waals surface area contributed by atoms with Crippen LogP contribution in [0.2, 0.25) is 5.15 Å². The number of halogens is 1. The van der Waals surface area contributed by atoms with E-state index in [-0.39, 0.29) is 0 Å². The molecule has 0 saturated carbocycles. The summed E-state index contributed by atoms with van der Waals surface area (Å²) < 4.78 is 3.70. The molecule has 1 N–H and O–H groups in total. The summed E-state index contributed by atoms with van der Waals surface area (Å²) in [7, 11) is 1.83. The Morgan fingerprint density at radius 3 is 2.78 bits per heavy atom. The Morgan fingerprint density at radius 1 is 1.50 bits per heavy atom. The van der Waals surface area contributed by atoms with Crippen LogP contribution in [0, 0.1) is 6.92 Å². The first kappa shape index (κ1) is 13.2. The van der Waals surface area contributed by atoms with Crippen molar-refractivity contribution in [2.24, 2.45) is 7.05 Å². The average Bonchev–Trinajstić information content (AvgIpc) is 2.90. The lowest BCUT2D eigenvalue weighted by Gasteiger charge is -2.05. The molecule has 0 aliphatic carbocycles. The standard InChI is InChI=1S/C13H18ClN3O/c1-4-12(18)10-5-6-17(7-10)8-11-9(2)15-16(3)13(11)14/h5-7,12,18H,4,8H2,1-3H3. The van der Waals surface area contributed by atoms with Crippen LogP contribution in [0.3, 0.4) is 0 Å². The van der Waals surface area contributed by atoms with Gasteiger partial charge in [0, 0.05) is 25.0 Å².